The molecule has 4 aliphatic rings. The van der Waals surface area contributed by atoms with Crippen LogP contribution in [-0.2, 0) is 14.3 Å². The predicted octanol–water partition coefficient (Wildman–Crippen LogP) is 3.71. The molecule has 5 nitrogen and oxygen atoms in total. The zero-order valence-electron chi connectivity index (χ0n) is 15.4. The number of fused-ring (bicyclic) bond motifs is 5. The average Bonchev–Trinajstić information content (AvgIpc) is 3.37. The van der Waals surface area contributed by atoms with Crippen molar-refractivity contribution in [2.75, 3.05) is 4.90 Å². The molecule has 1 aromatic carbocycles. The normalized spacial score (nSPS) is 32.8. The molecule has 1 heterocycles. The predicted molar refractivity (Wildman–Crippen MR) is 99.0 cm³/mol. The maximum absolute atomic E-state index is 12.9. The SMILES string of the molecule is O=C(OC1CCCCC1)c1ccc(N2C(=O)[C@@H]3[C@@H]4CC[C@@H](C4)[C@@H]3C2=O)cc1. The van der Waals surface area contributed by atoms with E-state index in [9.17, 15) is 14.4 Å². The molecule has 0 spiro atoms. The van der Waals surface area contributed by atoms with Crippen LogP contribution in [0.4, 0.5) is 5.69 Å². The van der Waals surface area contributed by atoms with Gasteiger partial charge >= 0.3 is 5.97 Å². The number of hydrogen-bond donors (Lipinski definition) is 0. The zero-order valence-corrected chi connectivity index (χ0v) is 15.4. The molecule has 0 aromatic heterocycles. The molecule has 1 aromatic rings. The molecule has 5 rings (SSSR count). The van der Waals surface area contributed by atoms with Crippen molar-refractivity contribution >= 4 is 23.5 Å². The Morgan fingerprint density at radius 2 is 1.44 bits per heavy atom. The van der Waals surface area contributed by atoms with E-state index in [4.69, 9.17) is 4.74 Å². The van der Waals surface area contributed by atoms with Gasteiger partial charge in [-0.2, -0.15) is 0 Å². The molecule has 27 heavy (non-hydrogen) atoms. The number of benzene rings is 1. The van der Waals surface area contributed by atoms with Crippen molar-refractivity contribution in [1.82, 2.24) is 0 Å². The van der Waals surface area contributed by atoms with Crippen LogP contribution < -0.4 is 4.90 Å². The van der Waals surface area contributed by atoms with Gasteiger partial charge in [-0.05, 0) is 81.0 Å². The summed E-state index contributed by atoms with van der Waals surface area (Å²) >= 11 is 0. The molecule has 0 unspecified atom stereocenters. The van der Waals surface area contributed by atoms with Crippen molar-refractivity contribution in [2.45, 2.75) is 57.5 Å². The molecule has 4 atom stereocenters. The van der Waals surface area contributed by atoms with Crippen LogP contribution in [0.15, 0.2) is 24.3 Å². The summed E-state index contributed by atoms with van der Waals surface area (Å²) in [4.78, 5) is 39.5. The molecular weight excluding hydrogens is 342 g/mol. The first-order chi connectivity index (χ1) is 13.1. The Labute approximate surface area is 159 Å². The van der Waals surface area contributed by atoms with Gasteiger partial charge in [-0.1, -0.05) is 6.42 Å². The number of nitrogens with zero attached hydrogens (tertiary/aromatic N) is 1. The summed E-state index contributed by atoms with van der Waals surface area (Å²) in [6, 6.07) is 6.75. The van der Waals surface area contributed by atoms with Gasteiger partial charge < -0.3 is 4.74 Å². The van der Waals surface area contributed by atoms with Crippen molar-refractivity contribution in [3.05, 3.63) is 29.8 Å². The largest absolute Gasteiger partial charge is 0.459 e. The van der Waals surface area contributed by atoms with Crippen molar-refractivity contribution in [1.29, 1.82) is 0 Å². The van der Waals surface area contributed by atoms with Gasteiger partial charge in [0.25, 0.3) is 0 Å². The van der Waals surface area contributed by atoms with E-state index >= 15 is 0 Å². The minimum atomic E-state index is -0.317. The summed E-state index contributed by atoms with van der Waals surface area (Å²) in [5.41, 5.74) is 1.05. The molecule has 1 saturated heterocycles. The topological polar surface area (TPSA) is 63.7 Å². The highest BCUT2D eigenvalue weighted by Crippen LogP contribution is 2.56. The van der Waals surface area contributed by atoms with Gasteiger partial charge in [0.2, 0.25) is 11.8 Å². The zero-order chi connectivity index (χ0) is 18.5. The van der Waals surface area contributed by atoms with Crippen molar-refractivity contribution in [3.63, 3.8) is 0 Å². The molecule has 2 amide bonds. The minimum absolute atomic E-state index is 0.0162. The molecule has 1 aliphatic heterocycles. The number of imide groups is 1. The minimum Gasteiger partial charge on any atom is -0.459 e. The molecule has 4 fully saturated rings. The molecule has 2 bridgehead atoms. The second kappa shape index (κ2) is 6.47. The van der Waals surface area contributed by atoms with Crippen molar-refractivity contribution in [2.24, 2.45) is 23.7 Å². The lowest BCUT2D eigenvalue weighted by Crippen LogP contribution is -2.32. The van der Waals surface area contributed by atoms with E-state index in [-0.39, 0.29) is 35.7 Å². The summed E-state index contributed by atoms with van der Waals surface area (Å²) < 4.78 is 5.60. The Morgan fingerprint density at radius 3 is 2.04 bits per heavy atom. The van der Waals surface area contributed by atoms with Crippen LogP contribution in [0.1, 0.15) is 61.7 Å². The Balaban J connectivity index is 1.31. The van der Waals surface area contributed by atoms with E-state index in [0.29, 0.717) is 23.1 Å². The summed E-state index contributed by atoms with van der Waals surface area (Å²) in [5, 5.41) is 0. The Morgan fingerprint density at radius 1 is 0.852 bits per heavy atom. The number of amides is 2. The summed E-state index contributed by atoms with van der Waals surface area (Å²) in [5.74, 6) is 0.115. The third-order valence-corrected chi connectivity index (χ3v) is 7.11. The first kappa shape index (κ1) is 17.0. The van der Waals surface area contributed by atoms with Crippen LogP contribution in [0.3, 0.4) is 0 Å². The van der Waals surface area contributed by atoms with Gasteiger partial charge in [0.15, 0.2) is 0 Å². The smallest absolute Gasteiger partial charge is 0.338 e. The van der Waals surface area contributed by atoms with E-state index in [1.54, 1.807) is 24.3 Å². The molecule has 3 saturated carbocycles. The fourth-order valence-corrected chi connectivity index (χ4v) is 5.81. The summed E-state index contributed by atoms with van der Waals surface area (Å²) in [7, 11) is 0. The van der Waals surface area contributed by atoms with Gasteiger partial charge in [0, 0.05) is 0 Å². The number of ether oxygens (including phenoxy) is 1. The first-order valence-corrected chi connectivity index (χ1v) is 10.3. The Bertz CT molecular complexity index is 752. The van der Waals surface area contributed by atoms with Gasteiger partial charge in [-0.3, -0.25) is 14.5 Å². The number of carbonyl (C=O) groups is 3. The number of carbonyl (C=O) groups excluding carboxylic acids is 3. The lowest BCUT2D eigenvalue weighted by atomic mass is 9.81. The molecule has 0 radical (unpaired) electrons. The fourth-order valence-electron chi connectivity index (χ4n) is 5.81. The monoisotopic (exact) mass is 367 g/mol. The standard InChI is InChI=1S/C22H25NO4/c24-20-18-14-6-7-15(12-14)19(18)21(25)23(20)16-10-8-13(9-11-16)22(26)27-17-4-2-1-3-5-17/h8-11,14-15,17-19H,1-7,12H2/t14-,15+,18-,19+. The Hall–Kier alpha value is -2.17. The van der Waals surface area contributed by atoms with Crippen LogP contribution in [0, 0.1) is 23.7 Å². The maximum Gasteiger partial charge on any atom is 0.338 e. The molecule has 142 valence electrons. The second-order valence-corrected chi connectivity index (χ2v) is 8.61. The number of esters is 1. The maximum atomic E-state index is 12.9. The van der Waals surface area contributed by atoms with E-state index in [0.717, 1.165) is 44.9 Å². The summed E-state index contributed by atoms with van der Waals surface area (Å²) in [6.07, 6.45) is 8.51. The highest BCUT2D eigenvalue weighted by molar-refractivity contribution is 6.22. The molecular formula is C22H25NO4. The average molecular weight is 367 g/mol. The van der Waals surface area contributed by atoms with E-state index in [1.165, 1.54) is 11.3 Å². The van der Waals surface area contributed by atoms with Gasteiger partial charge in [0.05, 0.1) is 23.1 Å². The lowest BCUT2D eigenvalue weighted by molar-refractivity contribution is -0.123. The highest BCUT2D eigenvalue weighted by atomic mass is 16.5. The van der Waals surface area contributed by atoms with Gasteiger partial charge in [0.1, 0.15) is 6.10 Å². The van der Waals surface area contributed by atoms with Crippen molar-refractivity contribution in [3.8, 4) is 0 Å². The van der Waals surface area contributed by atoms with E-state index in [2.05, 4.69) is 0 Å². The number of anilines is 1. The summed E-state index contributed by atoms with van der Waals surface area (Å²) in [6.45, 7) is 0. The van der Waals surface area contributed by atoms with Gasteiger partial charge in [-0.25, -0.2) is 4.79 Å². The molecule has 0 N–H and O–H groups in total. The van der Waals surface area contributed by atoms with Gasteiger partial charge in [-0.15, -0.1) is 0 Å². The van der Waals surface area contributed by atoms with Crippen molar-refractivity contribution < 1.29 is 19.1 Å². The van der Waals surface area contributed by atoms with E-state index in [1.807, 2.05) is 0 Å². The first-order valence-electron chi connectivity index (χ1n) is 10.3. The Kier molecular flexibility index (Phi) is 4.06. The number of hydrogen-bond acceptors (Lipinski definition) is 4. The van der Waals surface area contributed by atoms with Crippen LogP contribution in [0.2, 0.25) is 0 Å². The quantitative estimate of drug-likeness (QED) is 0.603. The lowest BCUT2D eigenvalue weighted by Gasteiger charge is -2.22. The van der Waals surface area contributed by atoms with Crippen LogP contribution >= 0.6 is 0 Å². The van der Waals surface area contributed by atoms with E-state index < -0.39 is 0 Å². The molecule has 3 aliphatic carbocycles. The molecule has 5 heteroatoms. The fraction of sp³-hybridized carbons (Fsp3) is 0.591. The second-order valence-electron chi connectivity index (χ2n) is 8.61. The number of rotatable bonds is 3. The third-order valence-electron chi connectivity index (χ3n) is 7.11. The van der Waals surface area contributed by atoms with Crippen LogP contribution in [0.5, 0.6) is 0 Å². The van der Waals surface area contributed by atoms with Crippen LogP contribution in [-0.4, -0.2) is 23.9 Å². The van der Waals surface area contributed by atoms with Crippen LogP contribution in [0.25, 0.3) is 0 Å². The highest BCUT2D eigenvalue weighted by Gasteiger charge is 2.61. The third kappa shape index (κ3) is 2.70.